The molecule has 1 aliphatic rings. The Morgan fingerprint density at radius 3 is 2.10 bits per heavy atom. The Morgan fingerprint density at radius 1 is 1.00 bits per heavy atom. The molecule has 0 radical (unpaired) electrons. The molecule has 1 N–H and O–H groups in total. The predicted octanol–water partition coefficient (Wildman–Crippen LogP) is 3.80. The van der Waals surface area contributed by atoms with E-state index in [-0.39, 0.29) is 29.6 Å². The number of aromatic nitrogens is 2. The highest BCUT2D eigenvalue weighted by atomic mass is 16.3. The first-order valence-electron chi connectivity index (χ1n) is 10.5. The topological polar surface area (TPSA) is 75.4 Å². The first-order valence-corrected chi connectivity index (χ1v) is 10.5. The van der Waals surface area contributed by atoms with Gasteiger partial charge in [0.2, 0.25) is 5.43 Å². The number of fused-ring (bicyclic) bond motifs is 1. The van der Waals surface area contributed by atoms with Crippen LogP contribution in [0.1, 0.15) is 58.5 Å². The Balaban J connectivity index is 1.98. The van der Waals surface area contributed by atoms with Crippen molar-refractivity contribution in [3.05, 3.63) is 92.9 Å². The average Bonchev–Trinajstić information content (AvgIpc) is 2.72. The zero-order valence-corrected chi connectivity index (χ0v) is 18.2. The molecular weight excluding hydrogens is 390 g/mol. The van der Waals surface area contributed by atoms with Crippen LogP contribution < -0.4 is 5.43 Å². The molecule has 1 aliphatic heterocycles. The number of aromatic hydroxyl groups is 1. The van der Waals surface area contributed by atoms with Gasteiger partial charge in [0.15, 0.2) is 11.4 Å². The summed E-state index contributed by atoms with van der Waals surface area (Å²) < 4.78 is 1.55. The molecule has 0 aliphatic carbocycles. The molecule has 0 bridgehead atoms. The summed E-state index contributed by atoms with van der Waals surface area (Å²) in [5.41, 5.74) is 3.78. The summed E-state index contributed by atoms with van der Waals surface area (Å²) in [5.74, 6) is -1.04. The zero-order valence-electron chi connectivity index (χ0n) is 18.2. The van der Waals surface area contributed by atoms with E-state index in [4.69, 9.17) is 0 Å². The van der Waals surface area contributed by atoms with Crippen molar-refractivity contribution in [3.8, 4) is 5.75 Å². The van der Waals surface area contributed by atoms with Crippen LogP contribution in [-0.4, -0.2) is 38.3 Å². The lowest BCUT2D eigenvalue weighted by molar-refractivity contribution is 0.0570. The van der Waals surface area contributed by atoms with Crippen LogP contribution in [0, 0.1) is 13.8 Å². The Kier molecular flexibility index (Phi) is 5.39. The number of nitrogens with zero attached hydrogens (tertiary/aromatic N) is 3. The maximum Gasteiger partial charge on any atom is 0.276 e. The second-order valence-corrected chi connectivity index (χ2v) is 8.58. The van der Waals surface area contributed by atoms with Gasteiger partial charge in [-0.15, -0.1) is 0 Å². The summed E-state index contributed by atoms with van der Waals surface area (Å²) in [4.78, 5) is 27.0. The maximum absolute atomic E-state index is 13.1. The number of amides is 1. The van der Waals surface area contributed by atoms with Gasteiger partial charge in [-0.05, 0) is 38.8 Å². The molecule has 31 heavy (non-hydrogen) atoms. The molecule has 0 spiro atoms. The molecule has 4 rings (SSSR count). The lowest BCUT2D eigenvalue weighted by Gasteiger charge is -2.41. The average molecular weight is 418 g/mol. The van der Waals surface area contributed by atoms with Crippen molar-refractivity contribution in [1.29, 1.82) is 0 Å². The van der Waals surface area contributed by atoms with Gasteiger partial charge in [0, 0.05) is 18.5 Å². The molecule has 2 heterocycles. The van der Waals surface area contributed by atoms with E-state index in [1.165, 1.54) is 0 Å². The van der Waals surface area contributed by atoms with Gasteiger partial charge in [-0.1, -0.05) is 59.7 Å². The minimum Gasteiger partial charge on any atom is -0.502 e. The molecule has 0 saturated heterocycles. The molecular formula is C25H27N3O3. The van der Waals surface area contributed by atoms with E-state index in [1.54, 1.807) is 9.58 Å². The number of aryl methyl sites for hydroxylation is 2. The first kappa shape index (κ1) is 20.8. The molecule has 1 atom stereocenters. The summed E-state index contributed by atoms with van der Waals surface area (Å²) in [6.07, 6.45) is 1.09. The SMILES string of the molecule is Cc1cccc(C(c2cccc(C)c2)[C@H]2CN(C(C)C)C(=O)c3c(O)c(=O)cnn32)c1. The van der Waals surface area contributed by atoms with E-state index in [2.05, 4.69) is 55.3 Å². The van der Waals surface area contributed by atoms with E-state index in [1.807, 2.05) is 26.0 Å². The summed E-state index contributed by atoms with van der Waals surface area (Å²) in [5, 5.41) is 14.8. The summed E-state index contributed by atoms with van der Waals surface area (Å²) in [6.45, 7) is 8.40. The molecule has 2 aromatic carbocycles. The molecule has 0 fully saturated rings. The number of rotatable bonds is 4. The normalized spacial score (nSPS) is 16.1. The van der Waals surface area contributed by atoms with Crippen molar-refractivity contribution < 1.29 is 9.90 Å². The Morgan fingerprint density at radius 2 is 1.58 bits per heavy atom. The van der Waals surface area contributed by atoms with Crippen molar-refractivity contribution >= 4 is 5.91 Å². The van der Waals surface area contributed by atoms with Crippen molar-refractivity contribution in [3.63, 3.8) is 0 Å². The second-order valence-electron chi connectivity index (χ2n) is 8.58. The Bertz CT molecular complexity index is 1150. The van der Waals surface area contributed by atoms with Gasteiger partial charge in [0.25, 0.3) is 5.91 Å². The van der Waals surface area contributed by atoms with Gasteiger partial charge in [0.1, 0.15) is 0 Å². The molecule has 0 unspecified atom stereocenters. The number of carbonyl (C=O) groups excluding carboxylic acids is 1. The predicted molar refractivity (Wildman–Crippen MR) is 120 cm³/mol. The van der Waals surface area contributed by atoms with E-state index in [9.17, 15) is 14.7 Å². The molecule has 1 aromatic heterocycles. The van der Waals surface area contributed by atoms with Gasteiger partial charge in [-0.2, -0.15) is 5.10 Å². The maximum atomic E-state index is 13.1. The second kappa shape index (κ2) is 8.02. The summed E-state index contributed by atoms with van der Waals surface area (Å²) in [7, 11) is 0. The Hall–Kier alpha value is -3.41. The fourth-order valence-electron chi connectivity index (χ4n) is 4.46. The smallest absolute Gasteiger partial charge is 0.276 e. The minimum atomic E-state index is -0.647. The van der Waals surface area contributed by atoms with Crippen LogP contribution in [0.5, 0.6) is 5.75 Å². The van der Waals surface area contributed by atoms with Gasteiger partial charge in [-0.25, -0.2) is 0 Å². The van der Waals surface area contributed by atoms with Crippen LogP contribution in [0.3, 0.4) is 0 Å². The third-order valence-electron chi connectivity index (χ3n) is 5.96. The van der Waals surface area contributed by atoms with Gasteiger partial charge < -0.3 is 10.0 Å². The van der Waals surface area contributed by atoms with Crippen molar-refractivity contribution in [2.45, 2.75) is 45.7 Å². The largest absolute Gasteiger partial charge is 0.502 e. The fraction of sp³-hybridized carbons (Fsp3) is 0.320. The van der Waals surface area contributed by atoms with Crippen LogP contribution >= 0.6 is 0 Å². The van der Waals surface area contributed by atoms with Crippen LogP contribution in [0.4, 0.5) is 0 Å². The lowest BCUT2D eigenvalue weighted by Crippen LogP contribution is -2.49. The molecule has 6 nitrogen and oxygen atoms in total. The van der Waals surface area contributed by atoms with Crippen molar-refractivity contribution in [2.24, 2.45) is 0 Å². The quantitative estimate of drug-likeness (QED) is 0.701. The highest BCUT2D eigenvalue weighted by Crippen LogP contribution is 2.40. The van der Waals surface area contributed by atoms with E-state index >= 15 is 0 Å². The number of hydrogen-bond acceptors (Lipinski definition) is 4. The monoisotopic (exact) mass is 417 g/mol. The molecule has 3 aromatic rings. The number of hydrogen-bond donors (Lipinski definition) is 1. The van der Waals surface area contributed by atoms with Gasteiger partial charge >= 0.3 is 0 Å². The van der Waals surface area contributed by atoms with E-state index in [0.29, 0.717) is 6.54 Å². The highest BCUT2D eigenvalue weighted by Gasteiger charge is 2.40. The van der Waals surface area contributed by atoms with Crippen LogP contribution in [0.25, 0.3) is 0 Å². The highest BCUT2D eigenvalue weighted by molar-refractivity contribution is 5.96. The van der Waals surface area contributed by atoms with Crippen LogP contribution in [0.15, 0.2) is 59.5 Å². The van der Waals surface area contributed by atoms with Crippen LogP contribution in [0.2, 0.25) is 0 Å². The number of benzene rings is 2. The zero-order chi connectivity index (χ0) is 22.3. The standard InChI is InChI=1S/C25H27N3O3/c1-15(2)27-14-20(28-23(25(27)31)24(30)21(29)13-26-28)22(18-9-5-7-16(3)11-18)19-10-6-8-17(4)12-19/h5-13,15,20,22,30H,14H2,1-4H3/t20-/m1/s1. The Labute approximate surface area is 181 Å². The van der Waals surface area contributed by atoms with Crippen molar-refractivity contribution in [2.75, 3.05) is 6.54 Å². The lowest BCUT2D eigenvalue weighted by atomic mass is 9.82. The van der Waals surface area contributed by atoms with Gasteiger partial charge in [0.05, 0.1) is 12.2 Å². The van der Waals surface area contributed by atoms with Crippen LogP contribution in [-0.2, 0) is 0 Å². The third-order valence-corrected chi connectivity index (χ3v) is 5.96. The summed E-state index contributed by atoms with van der Waals surface area (Å²) >= 11 is 0. The molecule has 1 amide bonds. The van der Waals surface area contributed by atoms with Gasteiger partial charge in [-0.3, -0.25) is 14.3 Å². The molecule has 6 heteroatoms. The summed E-state index contributed by atoms with van der Waals surface area (Å²) in [6, 6.07) is 16.2. The first-order chi connectivity index (χ1) is 14.8. The fourth-order valence-corrected chi connectivity index (χ4v) is 4.46. The van der Waals surface area contributed by atoms with E-state index < -0.39 is 11.2 Å². The minimum absolute atomic E-state index is 0.0391. The number of carbonyl (C=O) groups is 1. The molecule has 0 saturated carbocycles. The van der Waals surface area contributed by atoms with E-state index in [0.717, 1.165) is 28.5 Å². The van der Waals surface area contributed by atoms with Crippen molar-refractivity contribution in [1.82, 2.24) is 14.7 Å². The molecule has 160 valence electrons. The third kappa shape index (κ3) is 3.74.